The van der Waals surface area contributed by atoms with Gasteiger partial charge in [0.15, 0.2) is 0 Å². The Bertz CT molecular complexity index is 431. The largest absolute Gasteiger partial charge is 0.385 e. The monoisotopic (exact) mass is 279 g/mol. The molecule has 0 radical (unpaired) electrons. The van der Waals surface area contributed by atoms with Gasteiger partial charge in [-0.25, -0.2) is 0 Å². The van der Waals surface area contributed by atoms with Crippen molar-refractivity contribution in [2.75, 3.05) is 39.9 Å². The average molecular weight is 279 g/mol. The third kappa shape index (κ3) is 4.08. The number of likely N-dealkylation sites (tertiary alicyclic amines) is 1. The Labute approximate surface area is 120 Å². The number of ether oxygens (including phenoxy) is 1. The molecule has 0 bridgehead atoms. The van der Waals surface area contributed by atoms with E-state index in [-0.39, 0.29) is 5.91 Å². The Balaban J connectivity index is 1.68. The summed E-state index contributed by atoms with van der Waals surface area (Å²) in [6.45, 7) is 6.82. The van der Waals surface area contributed by atoms with E-state index >= 15 is 0 Å². The van der Waals surface area contributed by atoms with Crippen molar-refractivity contribution < 1.29 is 9.53 Å². The first-order chi connectivity index (χ1) is 9.70. The van der Waals surface area contributed by atoms with Crippen LogP contribution in [0.3, 0.4) is 0 Å². The number of aromatic amines is 1. The molecule has 0 aliphatic carbocycles. The molecule has 0 saturated carbocycles. The molecule has 0 aromatic carbocycles. The van der Waals surface area contributed by atoms with Gasteiger partial charge in [0.25, 0.3) is 5.91 Å². The number of hydrogen-bond acceptors (Lipinski definition) is 3. The summed E-state index contributed by atoms with van der Waals surface area (Å²) in [4.78, 5) is 17.5. The number of H-pyrrole nitrogens is 1. The van der Waals surface area contributed by atoms with Crippen LogP contribution in [0.5, 0.6) is 0 Å². The maximum absolute atomic E-state index is 12.0. The molecule has 1 aliphatic heterocycles. The zero-order chi connectivity index (χ0) is 14.4. The Hall–Kier alpha value is -1.33. The number of carbonyl (C=O) groups is 1. The highest BCUT2D eigenvalue weighted by atomic mass is 16.5. The first kappa shape index (κ1) is 15.1. The van der Waals surface area contributed by atoms with Gasteiger partial charge in [0.2, 0.25) is 0 Å². The van der Waals surface area contributed by atoms with Crippen LogP contribution >= 0.6 is 0 Å². The molecule has 1 amide bonds. The van der Waals surface area contributed by atoms with Gasteiger partial charge >= 0.3 is 0 Å². The first-order valence-corrected chi connectivity index (χ1v) is 7.34. The normalized spacial score (nSPS) is 19.4. The summed E-state index contributed by atoms with van der Waals surface area (Å²) in [6, 6.07) is 1.83. The SMILES string of the molecule is COCCCN1CC[C@H](CNC(=O)c2cc[nH]c2C)C1. The van der Waals surface area contributed by atoms with Crippen LogP contribution in [0, 0.1) is 12.8 Å². The summed E-state index contributed by atoms with van der Waals surface area (Å²) >= 11 is 0. The van der Waals surface area contributed by atoms with Crippen molar-refractivity contribution in [1.82, 2.24) is 15.2 Å². The smallest absolute Gasteiger partial charge is 0.253 e. The van der Waals surface area contributed by atoms with Crippen LogP contribution < -0.4 is 5.32 Å². The van der Waals surface area contributed by atoms with E-state index in [1.807, 2.05) is 13.0 Å². The Morgan fingerprint density at radius 3 is 3.15 bits per heavy atom. The van der Waals surface area contributed by atoms with E-state index in [2.05, 4.69) is 15.2 Å². The number of hydrogen-bond donors (Lipinski definition) is 2. The Kier molecular flexibility index (Phi) is 5.61. The van der Waals surface area contributed by atoms with Gasteiger partial charge in [0.05, 0.1) is 5.56 Å². The topological polar surface area (TPSA) is 57.4 Å². The number of rotatable bonds is 7. The molecule has 2 N–H and O–H groups in total. The van der Waals surface area contributed by atoms with Crippen molar-refractivity contribution in [1.29, 1.82) is 0 Å². The lowest BCUT2D eigenvalue weighted by atomic mass is 10.1. The number of nitrogens with zero attached hydrogens (tertiary/aromatic N) is 1. The molecule has 5 nitrogen and oxygen atoms in total. The van der Waals surface area contributed by atoms with E-state index in [0.717, 1.165) is 50.5 Å². The van der Waals surface area contributed by atoms with Crippen LogP contribution in [0.25, 0.3) is 0 Å². The quantitative estimate of drug-likeness (QED) is 0.742. The van der Waals surface area contributed by atoms with E-state index in [0.29, 0.717) is 5.92 Å². The molecular weight excluding hydrogens is 254 g/mol. The summed E-state index contributed by atoms with van der Waals surface area (Å²) in [6.07, 6.45) is 4.05. The minimum atomic E-state index is 0.0292. The van der Waals surface area contributed by atoms with Crippen LogP contribution in [0.4, 0.5) is 0 Å². The molecule has 1 saturated heterocycles. The molecule has 0 unspecified atom stereocenters. The molecule has 0 spiro atoms. The van der Waals surface area contributed by atoms with E-state index < -0.39 is 0 Å². The molecular formula is C15H25N3O2. The Morgan fingerprint density at radius 1 is 1.60 bits per heavy atom. The summed E-state index contributed by atoms with van der Waals surface area (Å²) in [5, 5.41) is 3.05. The highest BCUT2D eigenvalue weighted by Gasteiger charge is 2.22. The zero-order valence-electron chi connectivity index (χ0n) is 12.4. The molecule has 2 heterocycles. The van der Waals surface area contributed by atoms with Gasteiger partial charge in [-0.2, -0.15) is 0 Å². The molecule has 1 atom stereocenters. The highest BCUT2D eigenvalue weighted by Crippen LogP contribution is 2.15. The molecule has 1 aromatic rings. The standard InChI is InChI=1S/C15H25N3O2/c1-12-14(4-6-16-12)15(19)17-10-13-5-8-18(11-13)7-3-9-20-2/h4,6,13,16H,3,5,7-11H2,1-2H3,(H,17,19)/t13-/m1/s1. The second-order valence-corrected chi connectivity index (χ2v) is 5.53. The van der Waals surface area contributed by atoms with Gasteiger partial charge in [-0.15, -0.1) is 0 Å². The van der Waals surface area contributed by atoms with Gasteiger partial charge in [-0.3, -0.25) is 4.79 Å². The van der Waals surface area contributed by atoms with E-state index in [4.69, 9.17) is 4.74 Å². The second-order valence-electron chi connectivity index (χ2n) is 5.53. The van der Waals surface area contributed by atoms with Crippen LogP contribution in [0.2, 0.25) is 0 Å². The van der Waals surface area contributed by atoms with E-state index in [1.54, 1.807) is 13.3 Å². The minimum absolute atomic E-state index is 0.0292. The minimum Gasteiger partial charge on any atom is -0.385 e. The van der Waals surface area contributed by atoms with Gasteiger partial charge in [-0.1, -0.05) is 0 Å². The Morgan fingerprint density at radius 2 is 2.45 bits per heavy atom. The third-order valence-electron chi connectivity index (χ3n) is 3.94. The lowest BCUT2D eigenvalue weighted by Gasteiger charge is -2.16. The van der Waals surface area contributed by atoms with Crippen molar-refractivity contribution in [3.8, 4) is 0 Å². The maximum atomic E-state index is 12.0. The maximum Gasteiger partial charge on any atom is 0.253 e. The number of amides is 1. The second kappa shape index (κ2) is 7.45. The van der Waals surface area contributed by atoms with Gasteiger partial charge in [-0.05, 0) is 38.3 Å². The highest BCUT2D eigenvalue weighted by molar-refractivity contribution is 5.95. The fraction of sp³-hybridized carbons (Fsp3) is 0.667. The fourth-order valence-electron chi connectivity index (χ4n) is 2.75. The summed E-state index contributed by atoms with van der Waals surface area (Å²) in [7, 11) is 1.74. The van der Waals surface area contributed by atoms with Crippen molar-refractivity contribution >= 4 is 5.91 Å². The number of methoxy groups -OCH3 is 1. The number of nitrogens with one attached hydrogen (secondary N) is 2. The van der Waals surface area contributed by atoms with E-state index in [9.17, 15) is 4.79 Å². The molecule has 1 fully saturated rings. The summed E-state index contributed by atoms with van der Waals surface area (Å²) in [5.41, 5.74) is 1.68. The average Bonchev–Trinajstić information content (AvgIpc) is 3.05. The van der Waals surface area contributed by atoms with Crippen LogP contribution in [-0.2, 0) is 4.74 Å². The van der Waals surface area contributed by atoms with Crippen LogP contribution in [0.15, 0.2) is 12.3 Å². The lowest BCUT2D eigenvalue weighted by molar-refractivity contribution is 0.0947. The van der Waals surface area contributed by atoms with E-state index in [1.165, 1.54) is 6.42 Å². The molecule has 5 heteroatoms. The number of aryl methyl sites for hydroxylation is 1. The summed E-state index contributed by atoms with van der Waals surface area (Å²) in [5.74, 6) is 0.599. The number of carbonyl (C=O) groups excluding carboxylic acids is 1. The first-order valence-electron chi connectivity index (χ1n) is 7.34. The molecule has 20 heavy (non-hydrogen) atoms. The molecule has 1 aliphatic rings. The van der Waals surface area contributed by atoms with Crippen LogP contribution in [0.1, 0.15) is 28.9 Å². The molecule has 2 rings (SSSR count). The van der Waals surface area contributed by atoms with Crippen molar-refractivity contribution in [3.05, 3.63) is 23.5 Å². The van der Waals surface area contributed by atoms with Crippen molar-refractivity contribution in [3.63, 3.8) is 0 Å². The zero-order valence-corrected chi connectivity index (χ0v) is 12.4. The predicted octanol–water partition coefficient (Wildman–Crippen LogP) is 1.41. The number of aromatic nitrogens is 1. The summed E-state index contributed by atoms with van der Waals surface area (Å²) < 4.78 is 5.07. The third-order valence-corrected chi connectivity index (χ3v) is 3.94. The fourth-order valence-corrected chi connectivity index (χ4v) is 2.75. The molecule has 1 aromatic heterocycles. The van der Waals surface area contributed by atoms with Crippen molar-refractivity contribution in [2.45, 2.75) is 19.8 Å². The van der Waals surface area contributed by atoms with Crippen LogP contribution in [-0.4, -0.2) is 55.7 Å². The van der Waals surface area contributed by atoms with Crippen molar-refractivity contribution in [2.24, 2.45) is 5.92 Å². The van der Waals surface area contributed by atoms with Gasteiger partial charge in [0, 0.05) is 45.2 Å². The lowest BCUT2D eigenvalue weighted by Crippen LogP contribution is -2.31. The van der Waals surface area contributed by atoms with Gasteiger partial charge < -0.3 is 19.9 Å². The predicted molar refractivity (Wildman–Crippen MR) is 78.9 cm³/mol. The van der Waals surface area contributed by atoms with Gasteiger partial charge in [0.1, 0.15) is 0 Å². The molecule has 112 valence electrons.